The van der Waals surface area contributed by atoms with E-state index >= 15 is 0 Å². The van der Waals surface area contributed by atoms with Gasteiger partial charge in [0.2, 0.25) is 0 Å². The van der Waals surface area contributed by atoms with Crippen LogP contribution in [0.25, 0.3) is 0 Å². The quantitative estimate of drug-likeness (QED) is 0.575. The molecule has 8 heteroatoms. The van der Waals surface area contributed by atoms with E-state index in [-0.39, 0.29) is 40.6 Å². The molecule has 0 radical (unpaired) electrons. The van der Waals surface area contributed by atoms with Gasteiger partial charge >= 0.3 is 0 Å². The fourth-order valence-electron chi connectivity index (χ4n) is 2.51. The highest BCUT2D eigenvalue weighted by atomic mass is 79.9. The topological polar surface area (TPSA) is 35.5 Å². The van der Waals surface area contributed by atoms with Gasteiger partial charge in [-0.25, -0.2) is 8.78 Å². The molecule has 0 amide bonds. The molecule has 2 N–H and O–H groups in total. The van der Waals surface area contributed by atoms with Crippen LogP contribution in [0.2, 0.25) is 0 Å². The summed E-state index contributed by atoms with van der Waals surface area (Å²) in [5.74, 6) is -2.20. The van der Waals surface area contributed by atoms with Crippen LogP contribution in [0.3, 0.4) is 0 Å². The zero-order valence-corrected chi connectivity index (χ0v) is 15.0. The van der Waals surface area contributed by atoms with Crippen LogP contribution in [-0.2, 0) is 0 Å². The molecule has 1 aliphatic rings. The smallest absolute Gasteiger partial charge is 0.167 e. The van der Waals surface area contributed by atoms with Crippen molar-refractivity contribution in [1.29, 1.82) is 0 Å². The van der Waals surface area contributed by atoms with Gasteiger partial charge in [0, 0.05) is 32.2 Å². The molecule has 126 valence electrons. The van der Waals surface area contributed by atoms with E-state index in [1.54, 1.807) is 6.08 Å². The van der Waals surface area contributed by atoms with Gasteiger partial charge in [0.25, 0.3) is 0 Å². The fourth-order valence-corrected chi connectivity index (χ4v) is 2.92. The number of hydrogen-bond donors (Lipinski definition) is 2. The minimum absolute atomic E-state index is 0. The van der Waals surface area contributed by atoms with E-state index in [0.29, 0.717) is 19.5 Å². The summed E-state index contributed by atoms with van der Waals surface area (Å²) in [7, 11) is 0. The molecule has 22 heavy (non-hydrogen) atoms. The maximum atomic E-state index is 14.1. The number of aromatic hydroxyl groups is 1. The van der Waals surface area contributed by atoms with Crippen molar-refractivity contribution in [1.82, 2.24) is 10.2 Å². The van der Waals surface area contributed by atoms with Gasteiger partial charge in [-0.1, -0.05) is 6.08 Å². The molecule has 1 fully saturated rings. The second kappa shape index (κ2) is 9.67. The Hall–Kier alpha value is -0.400. The van der Waals surface area contributed by atoms with Crippen molar-refractivity contribution in [3.8, 4) is 5.75 Å². The number of piperazine rings is 1. The van der Waals surface area contributed by atoms with Gasteiger partial charge in [0.15, 0.2) is 11.6 Å². The monoisotopic (exact) mass is 418 g/mol. The molecule has 0 spiro atoms. The third-order valence-corrected chi connectivity index (χ3v) is 4.10. The first-order valence-corrected chi connectivity index (χ1v) is 7.27. The average molecular weight is 420 g/mol. The van der Waals surface area contributed by atoms with Crippen molar-refractivity contribution in [2.45, 2.75) is 12.5 Å². The van der Waals surface area contributed by atoms with E-state index in [2.05, 4.69) is 27.8 Å². The molecule has 1 aliphatic heterocycles. The van der Waals surface area contributed by atoms with Crippen LogP contribution < -0.4 is 5.32 Å². The number of hydrogen-bond acceptors (Lipinski definition) is 3. The van der Waals surface area contributed by atoms with E-state index in [9.17, 15) is 13.9 Å². The molecule has 0 unspecified atom stereocenters. The Kier molecular flexibility index (Phi) is 9.50. The highest BCUT2D eigenvalue weighted by molar-refractivity contribution is 9.10. The first-order valence-electron chi connectivity index (χ1n) is 6.48. The lowest BCUT2D eigenvalue weighted by Gasteiger charge is -2.35. The minimum Gasteiger partial charge on any atom is -0.506 e. The summed E-state index contributed by atoms with van der Waals surface area (Å²) in [4.78, 5) is 2.03. The van der Waals surface area contributed by atoms with Crippen molar-refractivity contribution >= 4 is 40.7 Å². The van der Waals surface area contributed by atoms with Gasteiger partial charge in [0.05, 0.1) is 10.0 Å². The van der Waals surface area contributed by atoms with Gasteiger partial charge in [-0.3, -0.25) is 4.90 Å². The van der Waals surface area contributed by atoms with Gasteiger partial charge in [0.1, 0.15) is 5.75 Å². The Morgan fingerprint density at radius 2 is 1.95 bits per heavy atom. The van der Waals surface area contributed by atoms with E-state index < -0.39 is 17.7 Å². The maximum absolute atomic E-state index is 14.1. The Morgan fingerprint density at radius 3 is 2.50 bits per heavy atom. The molecule has 1 saturated heterocycles. The van der Waals surface area contributed by atoms with Crippen LogP contribution in [0, 0.1) is 11.6 Å². The van der Waals surface area contributed by atoms with Gasteiger partial charge < -0.3 is 10.4 Å². The van der Waals surface area contributed by atoms with Crippen LogP contribution in [0.1, 0.15) is 18.0 Å². The molecule has 1 atom stereocenters. The molecular formula is C14H19BrCl2F2N2O. The number of halogens is 5. The SMILES string of the molecule is C=CC[C@@H](c1c(O)c(Br)cc(F)c1F)N1CCNCC1.Cl.Cl. The second-order valence-electron chi connectivity index (χ2n) is 4.74. The molecule has 3 nitrogen and oxygen atoms in total. The number of nitrogens with one attached hydrogen (secondary N) is 1. The van der Waals surface area contributed by atoms with E-state index in [1.807, 2.05) is 4.90 Å². The molecule has 1 aromatic carbocycles. The van der Waals surface area contributed by atoms with Crippen molar-refractivity contribution in [3.05, 3.63) is 40.4 Å². The highest BCUT2D eigenvalue weighted by Gasteiger charge is 2.29. The van der Waals surface area contributed by atoms with Crippen LogP contribution in [-0.4, -0.2) is 36.2 Å². The van der Waals surface area contributed by atoms with Crippen LogP contribution in [0.15, 0.2) is 23.2 Å². The van der Waals surface area contributed by atoms with Crippen LogP contribution in [0.5, 0.6) is 5.75 Å². The molecule has 2 rings (SSSR count). The Bertz CT molecular complexity index is 488. The zero-order chi connectivity index (χ0) is 14.7. The molecule has 0 saturated carbocycles. The first kappa shape index (κ1) is 21.6. The van der Waals surface area contributed by atoms with Gasteiger partial charge in [-0.2, -0.15) is 0 Å². The largest absolute Gasteiger partial charge is 0.506 e. The van der Waals surface area contributed by atoms with Crippen LogP contribution in [0.4, 0.5) is 8.78 Å². The lowest BCUT2D eigenvalue weighted by molar-refractivity contribution is 0.167. The summed E-state index contributed by atoms with van der Waals surface area (Å²) < 4.78 is 27.9. The number of benzene rings is 1. The number of phenolic OH excluding ortho intramolecular Hbond substituents is 1. The van der Waals surface area contributed by atoms with Crippen LogP contribution >= 0.6 is 40.7 Å². The summed E-state index contributed by atoms with van der Waals surface area (Å²) >= 11 is 3.06. The molecule has 0 aliphatic carbocycles. The maximum Gasteiger partial charge on any atom is 0.167 e. The van der Waals surface area contributed by atoms with Crippen molar-refractivity contribution < 1.29 is 13.9 Å². The molecule has 0 aromatic heterocycles. The standard InChI is InChI=1S/C14H17BrF2N2O.2ClH/c1-2-3-11(19-6-4-18-5-7-19)12-13(17)10(16)8-9(15)14(12)20;;/h2,8,11,18,20H,1,3-7H2;2*1H/t11-;;/m0../s1. The molecule has 1 heterocycles. The highest BCUT2D eigenvalue weighted by Crippen LogP contribution is 2.39. The number of phenols is 1. The third kappa shape index (κ3) is 4.55. The fraction of sp³-hybridized carbons (Fsp3) is 0.429. The van der Waals surface area contributed by atoms with Crippen molar-refractivity contribution in [3.63, 3.8) is 0 Å². The molecule has 1 aromatic rings. The van der Waals surface area contributed by atoms with E-state index in [1.165, 1.54) is 0 Å². The summed E-state index contributed by atoms with van der Waals surface area (Å²) in [6.07, 6.45) is 2.10. The summed E-state index contributed by atoms with van der Waals surface area (Å²) in [5.41, 5.74) is -0.00123. The van der Waals surface area contributed by atoms with E-state index in [4.69, 9.17) is 0 Å². The Morgan fingerprint density at radius 1 is 1.36 bits per heavy atom. The number of nitrogens with zero attached hydrogens (tertiary/aromatic N) is 1. The summed E-state index contributed by atoms with van der Waals surface area (Å²) in [5, 5.41) is 13.3. The van der Waals surface area contributed by atoms with Gasteiger partial charge in [-0.15, -0.1) is 31.4 Å². The van der Waals surface area contributed by atoms with Gasteiger partial charge in [-0.05, 0) is 28.4 Å². The second-order valence-corrected chi connectivity index (χ2v) is 5.60. The van der Waals surface area contributed by atoms with Crippen molar-refractivity contribution in [2.24, 2.45) is 0 Å². The third-order valence-electron chi connectivity index (χ3n) is 3.50. The predicted octanol–water partition coefficient (Wildman–Crippen LogP) is 3.80. The minimum atomic E-state index is -0.990. The molecular weight excluding hydrogens is 401 g/mol. The Labute approximate surface area is 149 Å². The van der Waals surface area contributed by atoms with E-state index in [0.717, 1.165) is 19.2 Å². The molecule has 0 bridgehead atoms. The predicted molar refractivity (Wildman–Crippen MR) is 92.2 cm³/mol. The normalized spacial score (nSPS) is 16.3. The lowest BCUT2D eigenvalue weighted by Crippen LogP contribution is -2.45. The zero-order valence-electron chi connectivity index (χ0n) is 11.8. The first-order chi connectivity index (χ1) is 9.56. The van der Waals surface area contributed by atoms with Crippen molar-refractivity contribution in [2.75, 3.05) is 26.2 Å². The summed E-state index contributed by atoms with van der Waals surface area (Å²) in [6.45, 7) is 6.67. The summed E-state index contributed by atoms with van der Waals surface area (Å²) in [6, 6.07) is 0.526. The Balaban J connectivity index is 0.00000220. The lowest BCUT2D eigenvalue weighted by atomic mass is 9.99. The number of rotatable bonds is 4. The average Bonchev–Trinajstić information content (AvgIpc) is 2.45.